The number of nitrogens with zero attached hydrogens (tertiary/aromatic N) is 2. The van der Waals surface area contributed by atoms with Gasteiger partial charge in [-0.3, -0.25) is 4.90 Å². The van der Waals surface area contributed by atoms with Crippen LogP contribution < -0.4 is 0 Å². The average molecular weight is 260 g/mol. The van der Waals surface area contributed by atoms with Crippen molar-refractivity contribution >= 4 is 11.3 Å². The highest BCUT2D eigenvalue weighted by molar-refractivity contribution is 7.11. The van der Waals surface area contributed by atoms with Crippen LogP contribution in [0.2, 0.25) is 0 Å². The Labute approximate surface area is 111 Å². The van der Waals surface area contributed by atoms with Crippen LogP contribution in [0.15, 0.2) is 30.3 Å². The molecule has 0 fully saturated rings. The van der Waals surface area contributed by atoms with E-state index in [4.69, 9.17) is 5.11 Å². The van der Waals surface area contributed by atoms with E-state index in [9.17, 15) is 0 Å². The Morgan fingerprint density at radius 2 is 2.11 bits per heavy atom. The Morgan fingerprint density at radius 3 is 2.89 bits per heavy atom. The van der Waals surface area contributed by atoms with Gasteiger partial charge >= 0.3 is 0 Å². The van der Waals surface area contributed by atoms with Gasteiger partial charge in [0.2, 0.25) is 0 Å². The van der Waals surface area contributed by atoms with Gasteiger partial charge in [-0.2, -0.15) is 0 Å². The molecule has 3 nitrogen and oxygen atoms in total. The van der Waals surface area contributed by atoms with Gasteiger partial charge in [0.1, 0.15) is 5.01 Å². The van der Waals surface area contributed by atoms with E-state index < -0.39 is 0 Å². The van der Waals surface area contributed by atoms with Crippen LogP contribution in [0, 0.1) is 0 Å². The number of aromatic nitrogens is 1. The summed E-state index contributed by atoms with van der Waals surface area (Å²) in [5.41, 5.74) is 2.54. The molecule has 2 aromatic rings. The fraction of sp³-hybridized carbons (Fsp3) is 0.357. The zero-order valence-corrected chi connectivity index (χ0v) is 11.0. The van der Waals surface area contributed by atoms with E-state index in [1.54, 1.807) is 11.3 Å². The smallest absolute Gasteiger partial charge is 0.119 e. The van der Waals surface area contributed by atoms with Crippen molar-refractivity contribution in [1.82, 2.24) is 9.88 Å². The summed E-state index contributed by atoms with van der Waals surface area (Å²) in [6.45, 7) is 3.07. The second-order valence-electron chi connectivity index (χ2n) is 4.58. The van der Waals surface area contributed by atoms with Crippen molar-refractivity contribution in [3.63, 3.8) is 0 Å². The molecule has 0 radical (unpaired) electrons. The van der Waals surface area contributed by atoms with Crippen LogP contribution in [0.25, 0.3) is 0 Å². The molecule has 0 saturated carbocycles. The number of benzene rings is 1. The van der Waals surface area contributed by atoms with Gasteiger partial charge in [0.15, 0.2) is 0 Å². The van der Waals surface area contributed by atoms with E-state index in [-0.39, 0.29) is 6.61 Å². The average Bonchev–Trinajstić information content (AvgIpc) is 2.82. The number of thiazole rings is 1. The fourth-order valence-electron chi connectivity index (χ4n) is 2.35. The normalized spacial score (nSPS) is 15.6. The minimum atomic E-state index is 0.0658. The number of aliphatic hydroxyl groups is 1. The zero-order chi connectivity index (χ0) is 12.4. The van der Waals surface area contributed by atoms with Gasteiger partial charge in [0.05, 0.1) is 12.3 Å². The number of aliphatic hydroxyl groups excluding tert-OH is 1. The Hall–Kier alpha value is -1.23. The molecule has 0 amide bonds. The second-order valence-corrected chi connectivity index (χ2v) is 5.75. The Bertz CT molecular complexity index is 524. The molecule has 3 rings (SSSR count). The summed E-state index contributed by atoms with van der Waals surface area (Å²) in [6.07, 6.45) is 0.999. The highest BCUT2D eigenvalue weighted by Gasteiger charge is 2.20. The zero-order valence-electron chi connectivity index (χ0n) is 10.2. The molecule has 1 aliphatic heterocycles. The molecule has 0 saturated heterocycles. The van der Waals surface area contributed by atoms with Crippen LogP contribution in [0.5, 0.6) is 0 Å². The van der Waals surface area contributed by atoms with Crippen LogP contribution in [0.4, 0.5) is 0 Å². The molecule has 4 heteroatoms. The molecule has 94 valence electrons. The summed E-state index contributed by atoms with van der Waals surface area (Å²) >= 11 is 1.65. The first-order chi connectivity index (χ1) is 8.85. The van der Waals surface area contributed by atoms with E-state index in [2.05, 4.69) is 40.2 Å². The maximum Gasteiger partial charge on any atom is 0.119 e. The van der Waals surface area contributed by atoms with Crippen LogP contribution in [-0.4, -0.2) is 21.5 Å². The third-order valence-corrected chi connectivity index (χ3v) is 4.31. The molecule has 0 aliphatic carbocycles. The molecule has 1 aromatic heterocycles. The summed E-state index contributed by atoms with van der Waals surface area (Å²) < 4.78 is 0. The third-order valence-electron chi connectivity index (χ3n) is 3.24. The minimum Gasteiger partial charge on any atom is -0.389 e. The van der Waals surface area contributed by atoms with Crippen molar-refractivity contribution < 1.29 is 5.11 Å². The molecule has 0 unspecified atom stereocenters. The highest BCUT2D eigenvalue weighted by Crippen LogP contribution is 2.26. The minimum absolute atomic E-state index is 0.0658. The molecule has 2 heterocycles. The van der Waals surface area contributed by atoms with Gasteiger partial charge in [-0.05, 0) is 5.56 Å². The predicted octanol–water partition coefficient (Wildman–Crippen LogP) is 2.19. The van der Waals surface area contributed by atoms with E-state index in [1.165, 1.54) is 16.1 Å². The molecule has 0 spiro atoms. The summed E-state index contributed by atoms with van der Waals surface area (Å²) in [4.78, 5) is 8.21. The molecular weight excluding hydrogens is 244 g/mol. The molecule has 0 bridgehead atoms. The maximum atomic E-state index is 9.12. The lowest BCUT2D eigenvalue weighted by atomic mass is 10.1. The Morgan fingerprint density at radius 1 is 1.28 bits per heavy atom. The topological polar surface area (TPSA) is 36.4 Å². The Balaban J connectivity index is 1.71. The van der Waals surface area contributed by atoms with Gasteiger partial charge in [0, 0.05) is 30.9 Å². The molecule has 18 heavy (non-hydrogen) atoms. The first kappa shape index (κ1) is 11.8. The molecular formula is C14H16N2OS. The van der Waals surface area contributed by atoms with E-state index in [0.717, 1.165) is 31.1 Å². The summed E-state index contributed by atoms with van der Waals surface area (Å²) in [5, 5.41) is 9.97. The number of rotatable bonds is 3. The number of hydrogen-bond acceptors (Lipinski definition) is 4. The lowest BCUT2D eigenvalue weighted by Crippen LogP contribution is -2.29. The fourth-order valence-corrected chi connectivity index (χ4v) is 3.36. The van der Waals surface area contributed by atoms with Gasteiger partial charge in [-0.15, -0.1) is 11.3 Å². The SMILES string of the molecule is OCc1nc2c(s1)CN(Cc1ccccc1)CC2. The van der Waals surface area contributed by atoms with Gasteiger partial charge < -0.3 is 5.11 Å². The van der Waals surface area contributed by atoms with Crippen LogP contribution in [0.3, 0.4) is 0 Å². The molecule has 1 N–H and O–H groups in total. The second kappa shape index (κ2) is 5.18. The van der Waals surface area contributed by atoms with Crippen molar-refractivity contribution in [3.8, 4) is 0 Å². The van der Waals surface area contributed by atoms with Gasteiger partial charge in [0.25, 0.3) is 0 Å². The lowest BCUT2D eigenvalue weighted by molar-refractivity contribution is 0.246. The van der Waals surface area contributed by atoms with Crippen molar-refractivity contribution in [2.24, 2.45) is 0 Å². The van der Waals surface area contributed by atoms with E-state index >= 15 is 0 Å². The monoisotopic (exact) mass is 260 g/mol. The summed E-state index contributed by atoms with van der Waals surface area (Å²) in [5.74, 6) is 0. The predicted molar refractivity (Wildman–Crippen MR) is 72.3 cm³/mol. The molecule has 1 aliphatic rings. The van der Waals surface area contributed by atoms with Crippen molar-refractivity contribution in [3.05, 3.63) is 51.5 Å². The molecule has 1 aromatic carbocycles. The van der Waals surface area contributed by atoms with E-state index in [0.29, 0.717) is 0 Å². The first-order valence-electron chi connectivity index (χ1n) is 6.20. The largest absolute Gasteiger partial charge is 0.389 e. The number of hydrogen-bond donors (Lipinski definition) is 1. The van der Waals surface area contributed by atoms with Crippen LogP contribution in [-0.2, 0) is 26.1 Å². The van der Waals surface area contributed by atoms with Gasteiger partial charge in [-0.25, -0.2) is 4.98 Å². The maximum absolute atomic E-state index is 9.12. The standard InChI is InChI=1S/C14H16N2OS/c17-10-14-15-12-6-7-16(9-13(12)18-14)8-11-4-2-1-3-5-11/h1-5,17H,6-10H2. The van der Waals surface area contributed by atoms with Crippen molar-refractivity contribution in [2.75, 3.05) is 6.54 Å². The highest BCUT2D eigenvalue weighted by atomic mass is 32.1. The van der Waals surface area contributed by atoms with E-state index in [1.807, 2.05) is 0 Å². The van der Waals surface area contributed by atoms with Crippen LogP contribution in [0.1, 0.15) is 21.1 Å². The van der Waals surface area contributed by atoms with Gasteiger partial charge in [-0.1, -0.05) is 30.3 Å². The summed E-state index contributed by atoms with van der Waals surface area (Å²) in [6, 6.07) is 10.6. The lowest BCUT2D eigenvalue weighted by Gasteiger charge is -2.25. The third kappa shape index (κ3) is 2.46. The first-order valence-corrected chi connectivity index (χ1v) is 7.01. The number of fused-ring (bicyclic) bond motifs is 1. The quantitative estimate of drug-likeness (QED) is 0.919. The van der Waals surface area contributed by atoms with Crippen LogP contribution >= 0.6 is 11.3 Å². The van der Waals surface area contributed by atoms with Crippen molar-refractivity contribution in [2.45, 2.75) is 26.1 Å². The Kier molecular flexibility index (Phi) is 3.41. The molecule has 0 atom stereocenters. The van der Waals surface area contributed by atoms with Crippen molar-refractivity contribution in [1.29, 1.82) is 0 Å². The summed E-state index contributed by atoms with van der Waals surface area (Å²) in [7, 11) is 0.